The maximum absolute atomic E-state index is 9.41. The largest absolute Gasteiger partial charge is 0.311 e. The Hall–Kier alpha value is -6.64. The van der Waals surface area contributed by atoms with Gasteiger partial charge in [0.2, 0.25) is 0 Å². The molecular weight excluding hydrogens is 641 g/mol. The fourth-order valence-electron chi connectivity index (χ4n) is 7.61. The van der Waals surface area contributed by atoms with Gasteiger partial charge in [0.15, 0.2) is 0 Å². The molecule has 2 heteroatoms. The summed E-state index contributed by atoms with van der Waals surface area (Å²) < 4.78 is 37.4. The molecule has 53 heavy (non-hydrogen) atoms. The van der Waals surface area contributed by atoms with Crippen LogP contribution in [0.4, 0.5) is 34.1 Å². The van der Waals surface area contributed by atoms with Crippen molar-refractivity contribution in [2.75, 3.05) is 9.80 Å². The Bertz CT molecular complexity index is 2660. The molecule has 0 fully saturated rings. The quantitative estimate of drug-likeness (QED) is 0.157. The van der Waals surface area contributed by atoms with Gasteiger partial charge in [-0.05, 0) is 117 Å². The monoisotopic (exact) mass is 684 g/mol. The zero-order chi connectivity index (χ0) is 39.3. The van der Waals surface area contributed by atoms with E-state index >= 15 is 0 Å². The molecule has 0 N–H and O–H groups in total. The third kappa shape index (κ3) is 5.99. The Morgan fingerprint density at radius 3 is 1.28 bits per heavy atom. The molecule has 0 saturated heterocycles. The molecule has 9 rings (SSSR count). The first-order chi connectivity index (χ1) is 27.7. The summed E-state index contributed by atoms with van der Waals surface area (Å²) in [5.74, 6) is 0. The molecule has 0 spiro atoms. The zero-order valence-corrected chi connectivity index (χ0v) is 29.7. The molecule has 0 aromatic heterocycles. The Kier molecular flexibility index (Phi) is 7.13. The maximum atomic E-state index is 9.41. The van der Waals surface area contributed by atoms with E-state index in [1.807, 2.05) is 102 Å². The highest BCUT2D eigenvalue weighted by Gasteiger charge is 2.35. The Labute approximate surface area is 318 Å². The number of fused-ring (bicyclic) bond motifs is 3. The standard InChI is InChI=1S/C51H40N2/c1-51(2)49-21-13-12-20-47(49)48-35-34-46(36-50(48)51)53(43-18-10-5-11-19-43)45-32-28-40(29-33-45)38-24-22-37(23-25-38)39-26-30-44(31-27-39)52(41-14-6-3-7-15-41)42-16-8-4-9-17-42/h3-36H,1-2H3/i28D,29D,32D,33D. The fourth-order valence-corrected chi connectivity index (χ4v) is 7.61. The Morgan fingerprint density at radius 1 is 0.340 bits per heavy atom. The molecule has 0 radical (unpaired) electrons. The summed E-state index contributed by atoms with van der Waals surface area (Å²) in [4.78, 5) is 4.09. The molecule has 0 saturated carbocycles. The molecule has 8 aromatic rings. The molecule has 0 unspecified atom stereocenters. The van der Waals surface area contributed by atoms with Crippen LogP contribution in [0.3, 0.4) is 0 Å². The molecule has 2 nitrogen and oxygen atoms in total. The minimum atomic E-state index is -0.248. The van der Waals surface area contributed by atoms with Gasteiger partial charge in [0, 0.05) is 39.5 Å². The van der Waals surface area contributed by atoms with Gasteiger partial charge in [-0.1, -0.05) is 147 Å². The van der Waals surface area contributed by atoms with E-state index in [-0.39, 0.29) is 40.8 Å². The first kappa shape index (κ1) is 28.0. The molecular formula is C51H40N2. The van der Waals surface area contributed by atoms with Crippen molar-refractivity contribution in [2.45, 2.75) is 19.3 Å². The topological polar surface area (TPSA) is 6.48 Å². The van der Waals surface area contributed by atoms with Crippen molar-refractivity contribution < 1.29 is 5.48 Å². The van der Waals surface area contributed by atoms with E-state index in [4.69, 9.17) is 0 Å². The molecule has 0 bridgehead atoms. The van der Waals surface area contributed by atoms with Crippen LogP contribution in [0.5, 0.6) is 0 Å². The van der Waals surface area contributed by atoms with Crippen LogP contribution in [0.25, 0.3) is 33.4 Å². The van der Waals surface area contributed by atoms with Crippen LogP contribution in [-0.2, 0) is 5.41 Å². The van der Waals surface area contributed by atoms with E-state index < -0.39 is 0 Å². The van der Waals surface area contributed by atoms with Crippen LogP contribution < -0.4 is 9.80 Å². The molecule has 1 aliphatic carbocycles. The van der Waals surface area contributed by atoms with Gasteiger partial charge in [-0.25, -0.2) is 0 Å². The highest BCUT2D eigenvalue weighted by atomic mass is 15.1. The van der Waals surface area contributed by atoms with Gasteiger partial charge in [0.25, 0.3) is 0 Å². The van der Waals surface area contributed by atoms with Crippen LogP contribution in [0.1, 0.15) is 30.5 Å². The molecule has 0 aliphatic heterocycles. The van der Waals surface area contributed by atoms with E-state index in [2.05, 4.69) is 104 Å². The summed E-state index contributed by atoms with van der Waals surface area (Å²) >= 11 is 0. The smallest absolute Gasteiger partial charge is 0.0645 e. The lowest BCUT2D eigenvalue weighted by atomic mass is 9.82. The van der Waals surface area contributed by atoms with Gasteiger partial charge < -0.3 is 9.80 Å². The predicted molar refractivity (Wildman–Crippen MR) is 224 cm³/mol. The van der Waals surface area contributed by atoms with Gasteiger partial charge in [-0.2, -0.15) is 0 Å². The number of nitrogens with zero attached hydrogens (tertiary/aromatic N) is 2. The number of para-hydroxylation sites is 3. The first-order valence-electron chi connectivity index (χ1n) is 20.0. The lowest BCUT2D eigenvalue weighted by molar-refractivity contribution is 0.660. The van der Waals surface area contributed by atoms with E-state index in [0.717, 1.165) is 45.1 Å². The van der Waals surface area contributed by atoms with Crippen molar-refractivity contribution >= 4 is 34.1 Å². The van der Waals surface area contributed by atoms with Gasteiger partial charge >= 0.3 is 0 Å². The van der Waals surface area contributed by atoms with Crippen molar-refractivity contribution in [3.05, 3.63) is 217 Å². The molecule has 254 valence electrons. The number of hydrogen-bond acceptors (Lipinski definition) is 2. The number of hydrogen-bond donors (Lipinski definition) is 0. The van der Waals surface area contributed by atoms with Crippen LogP contribution in [0.2, 0.25) is 0 Å². The third-order valence-corrected chi connectivity index (χ3v) is 10.3. The van der Waals surface area contributed by atoms with Crippen molar-refractivity contribution in [1.82, 2.24) is 0 Å². The van der Waals surface area contributed by atoms with Crippen molar-refractivity contribution in [1.29, 1.82) is 0 Å². The average Bonchev–Trinajstić information content (AvgIpc) is 3.48. The number of anilines is 6. The van der Waals surface area contributed by atoms with Gasteiger partial charge in [0.05, 0.1) is 5.48 Å². The number of benzene rings is 8. The van der Waals surface area contributed by atoms with Crippen LogP contribution in [-0.4, -0.2) is 0 Å². The zero-order valence-electron chi connectivity index (χ0n) is 33.7. The predicted octanol–water partition coefficient (Wildman–Crippen LogP) is 14.3. The maximum Gasteiger partial charge on any atom is 0.0645 e. The second kappa shape index (κ2) is 13.5. The van der Waals surface area contributed by atoms with E-state index in [1.165, 1.54) is 16.7 Å². The molecule has 0 amide bonds. The third-order valence-electron chi connectivity index (χ3n) is 10.3. The summed E-state index contributed by atoms with van der Waals surface area (Å²) in [6.07, 6.45) is 0. The highest BCUT2D eigenvalue weighted by molar-refractivity contribution is 5.86. The lowest BCUT2D eigenvalue weighted by Gasteiger charge is -2.28. The lowest BCUT2D eigenvalue weighted by Crippen LogP contribution is -2.16. The minimum Gasteiger partial charge on any atom is -0.311 e. The van der Waals surface area contributed by atoms with E-state index in [1.54, 1.807) is 0 Å². The summed E-state index contributed by atoms with van der Waals surface area (Å²) in [7, 11) is 0. The Morgan fingerprint density at radius 2 is 0.736 bits per heavy atom. The summed E-state index contributed by atoms with van der Waals surface area (Å²) in [6, 6.07) is 60.9. The van der Waals surface area contributed by atoms with Crippen LogP contribution in [0.15, 0.2) is 206 Å². The van der Waals surface area contributed by atoms with Crippen molar-refractivity contribution in [3.8, 4) is 33.4 Å². The molecule has 1 aliphatic rings. The number of rotatable bonds is 8. The Balaban J connectivity index is 1.07. The average molecular weight is 685 g/mol. The SMILES string of the molecule is [2H]c1c([2H])c(N(c2ccccc2)c2ccc3c(c2)C(C)(C)c2ccccc2-3)c([2H])c([2H])c1-c1ccc(-c2ccc(N(c3ccccc3)c3ccccc3)cc2)cc1. The molecule has 0 heterocycles. The van der Waals surface area contributed by atoms with Crippen LogP contribution >= 0.6 is 0 Å². The molecule has 0 atom stereocenters. The summed E-state index contributed by atoms with van der Waals surface area (Å²) in [5.41, 5.74) is 12.4. The summed E-state index contributed by atoms with van der Waals surface area (Å²) in [6.45, 7) is 4.45. The van der Waals surface area contributed by atoms with Gasteiger partial charge in [0.1, 0.15) is 0 Å². The fraction of sp³-hybridized carbons (Fsp3) is 0.0588. The van der Waals surface area contributed by atoms with Crippen molar-refractivity contribution in [2.24, 2.45) is 0 Å². The highest BCUT2D eigenvalue weighted by Crippen LogP contribution is 2.50. The minimum absolute atomic E-state index is 0.0835. The van der Waals surface area contributed by atoms with Crippen LogP contribution in [0, 0.1) is 0 Å². The van der Waals surface area contributed by atoms with Gasteiger partial charge in [-0.3, -0.25) is 0 Å². The molecule has 8 aromatic carbocycles. The van der Waals surface area contributed by atoms with E-state index in [0.29, 0.717) is 5.56 Å². The van der Waals surface area contributed by atoms with E-state index in [9.17, 15) is 5.48 Å². The summed E-state index contributed by atoms with van der Waals surface area (Å²) in [5, 5.41) is 0. The second-order valence-electron chi connectivity index (χ2n) is 13.9. The first-order valence-corrected chi connectivity index (χ1v) is 18.0. The van der Waals surface area contributed by atoms with Crippen molar-refractivity contribution in [3.63, 3.8) is 0 Å². The second-order valence-corrected chi connectivity index (χ2v) is 13.9. The normalized spacial score (nSPS) is 13.5. The van der Waals surface area contributed by atoms with Gasteiger partial charge in [-0.15, -0.1) is 0 Å².